The predicted molar refractivity (Wildman–Crippen MR) is 80.5 cm³/mol. The standard InChI is InChI=1S/C16H20ClFN2/c1-11-6-3-2-4-8-13(11)20-14-9-5-7-12(18)16(14)19-15(20)10-17/h5,7,9,11,13H,2-4,6,8,10H2,1H3. The largest absolute Gasteiger partial charge is 0.323 e. The molecule has 0 spiro atoms. The number of para-hydroxylation sites is 1. The van der Waals surface area contributed by atoms with Crippen LogP contribution in [0.4, 0.5) is 4.39 Å². The summed E-state index contributed by atoms with van der Waals surface area (Å²) in [6, 6.07) is 5.57. The average molecular weight is 295 g/mol. The molecule has 0 N–H and O–H groups in total. The van der Waals surface area contributed by atoms with Gasteiger partial charge in [-0.3, -0.25) is 0 Å². The maximum absolute atomic E-state index is 13.9. The Morgan fingerprint density at radius 1 is 1.30 bits per heavy atom. The monoisotopic (exact) mass is 294 g/mol. The van der Waals surface area contributed by atoms with Crippen LogP contribution in [0.2, 0.25) is 0 Å². The van der Waals surface area contributed by atoms with E-state index >= 15 is 0 Å². The molecule has 2 aromatic rings. The number of aromatic nitrogens is 2. The lowest BCUT2D eigenvalue weighted by Crippen LogP contribution is -2.18. The maximum Gasteiger partial charge on any atom is 0.151 e. The minimum atomic E-state index is -0.256. The van der Waals surface area contributed by atoms with E-state index in [9.17, 15) is 4.39 Å². The van der Waals surface area contributed by atoms with Gasteiger partial charge in [0.05, 0.1) is 11.4 Å². The van der Waals surface area contributed by atoms with Crippen LogP contribution in [0, 0.1) is 11.7 Å². The number of benzene rings is 1. The summed E-state index contributed by atoms with van der Waals surface area (Å²) in [7, 11) is 0. The molecule has 2 atom stereocenters. The fourth-order valence-electron chi connectivity index (χ4n) is 3.45. The third kappa shape index (κ3) is 2.32. The van der Waals surface area contributed by atoms with Gasteiger partial charge >= 0.3 is 0 Å². The molecule has 4 heteroatoms. The van der Waals surface area contributed by atoms with Crippen molar-refractivity contribution in [2.75, 3.05) is 0 Å². The van der Waals surface area contributed by atoms with Crippen molar-refractivity contribution in [2.24, 2.45) is 5.92 Å². The summed E-state index contributed by atoms with van der Waals surface area (Å²) in [4.78, 5) is 4.43. The van der Waals surface area contributed by atoms with Crippen molar-refractivity contribution < 1.29 is 4.39 Å². The normalized spacial score (nSPS) is 23.9. The van der Waals surface area contributed by atoms with Crippen LogP contribution in [0.3, 0.4) is 0 Å². The number of imidazole rings is 1. The number of hydrogen-bond acceptors (Lipinski definition) is 1. The first kappa shape index (κ1) is 13.9. The number of nitrogens with zero attached hydrogens (tertiary/aromatic N) is 2. The fourth-order valence-corrected chi connectivity index (χ4v) is 3.64. The van der Waals surface area contributed by atoms with Crippen LogP contribution in [0.25, 0.3) is 11.0 Å². The molecule has 1 aromatic carbocycles. The quantitative estimate of drug-likeness (QED) is 0.559. The van der Waals surface area contributed by atoms with Gasteiger partial charge in [0, 0.05) is 6.04 Å². The zero-order valence-corrected chi connectivity index (χ0v) is 12.5. The minimum Gasteiger partial charge on any atom is -0.323 e. The first-order valence-electron chi connectivity index (χ1n) is 7.43. The number of halogens is 2. The van der Waals surface area contributed by atoms with E-state index in [1.807, 2.05) is 6.07 Å². The van der Waals surface area contributed by atoms with Crippen LogP contribution >= 0.6 is 11.6 Å². The van der Waals surface area contributed by atoms with Crippen LogP contribution in [-0.2, 0) is 5.88 Å². The highest BCUT2D eigenvalue weighted by Gasteiger charge is 2.26. The van der Waals surface area contributed by atoms with Crippen LogP contribution in [0.1, 0.15) is 50.9 Å². The van der Waals surface area contributed by atoms with Gasteiger partial charge in [-0.1, -0.05) is 32.3 Å². The van der Waals surface area contributed by atoms with Crippen LogP contribution in [0.15, 0.2) is 18.2 Å². The van der Waals surface area contributed by atoms with E-state index in [0.717, 1.165) is 17.8 Å². The van der Waals surface area contributed by atoms with Crippen LogP contribution < -0.4 is 0 Å². The molecular weight excluding hydrogens is 275 g/mol. The third-order valence-corrected chi connectivity index (χ3v) is 4.75. The summed E-state index contributed by atoms with van der Waals surface area (Å²) in [6.45, 7) is 2.29. The van der Waals surface area contributed by atoms with Crippen molar-refractivity contribution >= 4 is 22.6 Å². The SMILES string of the molecule is CC1CCCCCC1n1c(CCl)nc2c(F)cccc21. The molecule has 20 heavy (non-hydrogen) atoms. The summed E-state index contributed by atoms with van der Waals surface area (Å²) in [5.74, 6) is 1.46. The van der Waals surface area contributed by atoms with Gasteiger partial charge in [-0.2, -0.15) is 0 Å². The van der Waals surface area contributed by atoms with Gasteiger partial charge < -0.3 is 4.57 Å². The van der Waals surface area contributed by atoms with Gasteiger partial charge in [-0.15, -0.1) is 11.6 Å². The zero-order chi connectivity index (χ0) is 14.1. The maximum atomic E-state index is 13.9. The second-order valence-corrected chi connectivity index (χ2v) is 6.09. The van der Waals surface area contributed by atoms with Gasteiger partial charge in [-0.25, -0.2) is 9.37 Å². The molecule has 1 heterocycles. The molecule has 1 saturated carbocycles. The first-order chi connectivity index (χ1) is 9.72. The molecule has 3 rings (SSSR count). The number of alkyl halides is 1. The molecule has 2 unspecified atom stereocenters. The van der Waals surface area contributed by atoms with Crippen molar-refractivity contribution in [3.63, 3.8) is 0 Å². The topological polar surface area (TPSA) is 17.8 Å². The molecule has 0 bridgehead atoms. The smallest absolute Gasteiger partial charge is 0.151 e. The summed E-state index contributed by atoms with van der Waals surface area (Å²) >= 11 is 6.06. The van der Waals surface area contributed by atoms with Crippen molar-refractivity contribution in [3.05, 3.63) is 29.8 Å². The first-order valence-corrected chi connectivity index (χ1v) is 7.97. The number of rotatable bonds is 2. The molecular formula is C16H20ClFN2. The highest BCUT2D eigenvalue weighted by Crippen LogP contribution is 2.36. The van der Waals surface area contributed by atoms with Crippen LogP contribution in [-0.4, -0.2) is 9.55 Å². The van der Waals surface area contributed by atoms with Crippen molar-refractivity contribution in [1.29, 1.82) is 0 Å². The second kappa shape index (κ2) is 5.72. The molecule has 1 aromatic heterocycles. The fraction of sp³-hybridized carbons (Fsp3) is 0.562. The Morgan fingerprint density at radius 3 is 2.90 bits per heavy atom. The van der Waals surface area contributed by atoms with Gasteiger partial charge in [0.2, 0.25) is 0 Å². The van der Waals surface area contributed by atoms with Gasteiger partial charge in [0.25, 0.3) is 0 Å². The molecule has 1 fully saturated rings. The summed E-state index contributed by atoms with van der Waals surface area (Å²) in [5.41, 5.74) is 1.35. The van der Waals surface area contributed by atoms with E-state index in [0.29, 0.717) is 23.4 Å². The predicted octanol–water partition coefficient (Wildman–Crippen LogP) is 5.06. The zero-order valence-electron chi connectivity index (χ0n) is 11.8. The lowest BCUT2D eigenvalue weighted by molar-refractivity contribution is 0.335. The van der Waals surface area contributed by atoms with E-state index in [4.69, 9.17) is 11.6 Å². The molecule has 0 aliphatic heterocycles. The Morgan fingerprint density at radius 2 is 2.10 bits per heavy atom. The molecule has 0 saturated heterocycles. The van der Waals surface area contributed by atoms with Crippen molar-refractivity contribution in [3.8, 4) is 0 Å². The average Bonchev–Trinajstić information content (AvgIpc) is 2.70. The second-order valence-electron chi connectivity index (χ2n) is 5.82. The van der Waals surface area contributed by atoms with Gasteiger partial charge in [0.1, 0.15) is 11.3 Å². The van der Waals surface area contributed by atoms with E-state index < -0.39 is 0 Å². The van der Waals surface area contributed by atoms with Crippen molar-refractivity contribution in [1.82, 2.24) is 9.55 Å². The molecule has 2 nitrogen and oxygen atoms in total. The van der Waals surface area contributed by atoms with Crippen LogP contribution in [0.5, 0.6) is 0 Å². The van der Waals surface area contributed by atoms with Gasteiger partial charge in [-0.05, 0) is 30.9 Å². The molecule has 0 amide bonds. The molecule has 1 aliphatic carbocycles. The summed E-state index contributed by atoms with van der Waals surface area (Å²) in [6.07, 6.45) is 6.16. The highest BCUT2D eigenvalue weighted by atomic mass is 35.5. The number of fused-ring (bicyclic) bond motifs is 1. The molecule has 108 valence electrons. The third-order valence-electron chi connectivity index (χ3n) is 4.51. The summed E-state index contributed by atoms with van der Waals surface area (Å²) < 4.78 is 16.1. The van der Waals surface area contributed by atoms with Crippen molar-refractivity contribution in [2.45, 2.75) is 50.9 Å². The minimum absolute atomic E-state index is 0.256. The Kier molecular flexibility index (Phi) is 3.97. The van der Waals surface area contributed by atoms with E-state index in [-0.39, 0.29) is 5.82 Å². The van der Waals surface area contributed by atoms with Gasteiger partial charge in [0.15, 0.2) is 5.82 Å². The number of hydrogen-bond donors (Lipinski definition) is 0. The Balaban J connectivity index is 2.15. The highest BCUT2D eigenvalue weighted by molar-refractivity contribution is 6.16. The Labute approximate surface area is 123 Å². The lowest BCUT2D eigenvalue weighted by atomic mass is 9.96. The lowest BCUT2D eigenvalue weighted by Gasteiger charge is -2.25. The summed E-state index contributed by atoms with van der Waals surface area (Å²) in [5, 5.41) is 0. The Hall–Kier alpha value is -1.09. The molecule has 0 radical (unpaired) electrons. The van der Waals surface area contributed by atoms with E-state index in [2.05, 4.69) is 16.5 Å². The Bertz CT molecular complexity index is 608. The van der Waals surface area contributed by atoms with E-state index in [1.165, 1.54) is 31.7 Å². The molecule has 1 aliphatic rings. The van der Waals surface area contributed by atoms with E-state index in [1.54, 1.807) is 6.07 Å².